The molecule has 0 aliphatic heterocycles. The highest BCUT2D eigenvalue weighted by atomic mass is 32.1. The van der Waals surface area contributed by atoms with Gasteiger partial charge in [-0.2, -0.15) is 0 Å². The Kier molecular flexibility index (Phi) is 5.01. The molecule has 21 heavy (non-hydrogen) atoms. The number of carbonyl (C=O) groups excluding carboxylic acids is 1. The van der Waals surface area contributed by atoms with Crippen LogP contribution >= 0.6 is 11.3 Å². The number of carbonyl (C=O) groups is 1. The van der Waals surface area contributed by atoms with Gasteiger partial charge in [-0.15, -0.1) is 11.3 Å². The van der Waals surface area contributed by atoms with Crippen molar-refractivity contribution in [2.24, 2.45) is 0 Å². The first-order valence-electron chi connectivity index (χ1n) is 7.05. The summed E-state index contributed by atoms with van der Waals surface area (Å²) in [7, 11) is 0. The van der Waals surface area contributed by atoms with Crippen molar-refractivity contribution in [3.63, 3.8) is 0 Å². The van der Waals surface area contributed by atoms with Gasteiger partial charge in [0.2, 0.25) is 0 Å². The number of hydrogen-bond donors (Lipinski definition) is 1. The third-order valence-corrected chi connectivity index (χ3v) is 4.23. The molecule has 0 bridgehead atoms. The van der Waals surface area contributed by atoms with Crippen molar-refractivity contribution in [1.29, 1.82) is 0 Å². The maximum atomic E-state index is 12.1. The summed E-state index contributed by atoms with van der Waals surface area (Å²) in [5.41, 5.74) is 2.21. The van der Waals surface area contributed by atoms with E-state index in [1.165, 1.54) is 0 Å². The number of hydrogen-bond acceptors (Lipinski definition) is 5. The first kappa shape index (κ1) is 15.6. The second-order valence-corrected chi connectivity index (χ2v) is 6.16. The van der Waals surface area contributed by atoms with E-state index in [1.54, 1.807) is 24.3 Å². The average molecular weight is 304 g/mol. The number of amides is 1. The van der Waals surface area contributed by atoms with Crippen molar-refractivity contribution < 1.29 is 4.79 Å². The Hall–Kier alpha value is -1.82. The van der Waals surface area contributed by atoms with Gasteiger partial charge in [0, 0.05) is 10.6 Å². The monoisotopic (exact) mass is 304 g/mol. The summed E-state index contributed by atoms with van der Waals surface area (Å²) >= 11 is 1.67. The molecule has 2 aromatic rings. The molecule has 0 saturated heterocycles. The molecule has 0 saturated carbocycles. The molecular formula is C15H20N4OS. The van der Waals surface area contributed by atoms with Gasteiger partial charge in [0.25, 0.3) is 5.91 Å². The minimum atomic E-state index is -0.173. The molecule has 1 N–H and O–H groups in total. The Morgan fingerprint density at radius 2 is 2.00 bits per heavy atom. The minimum Gasteiger partial charge on any atom is -0.346 e. The summed E-state index contributed by atoms with van der Waals surface area (Å²) in [6.45, 7) is 8.26. The fourth-order valence-corrected chi connectivity index (χ4v) is 3.17. The molecule has 0 radical (unpaired) electrons. The van der Waals surface area contributed by atoms with Crippen LogP contribution in [0.1, 0.15) is 50.9 Å². The second kappa shape index (κ2) is 6.76. The van der Waals surface area contributed by atoms with Crippen LogP contribution in [0.25, 0.3) is 0 Å². The van der Waals surface area contributed by atoms with Gasteiger partial charge in [0.05, 0.1) is 17.2 Å². The molecule has 1 amide bonds. The molecular weight excluding hydrogens is 284 g/mol. The maximum absolute atomic E-state index is 12.1. The molecule has 0 aromatic carbocycles. The van der Waals surface area contributed by atoms with Crippen LogP contribution in [0.3, 0.4) is 0 Å². The largest absolute Gasteiger partial charge is 0.346 e. The summed E-state index contributed by atoms with van der Waals surface area (Å²) in [5.74, 6) is 0.438. The van der Waals surface area contributed by atoms with Gasteiger partial charge < -0.3 is 5.32 Å². The van der Waals surface area contributed by atoms with E-state index >= 15 is 0 Å². The van der Waals surface area contributed by atoms with Crippen LogP contribution in [0.4, 0.5) is 0 Å². The van der Waals surface area contributed by atoms with Crippen LogP contribution in [0.2, 0.25) is 0 Å². The Balaban J connectivity index is 2.03. The molecule has 112 valence electrons. The highest BCUT2D eigenvalue weighted by Crippen LogP contribution is 2.19. The molecule has 6 heteroatoms. The lowest BCUT2D eigenvalue weighted by Gasteiger charge is -2.05. The van der Waals surface area contributed by atoms with Crippen LogP contribution in [0.15, 0.2) is 6.07 Å². The topological polar surface area (TPSA) is 67.8 Å². The Morgan fingerprint density at radius 3 is 2.67 bits per heavy atom. The summed E-state index contributed by atoms with van der Waals surface area (Å²) < 4.78 is 0. The Labute approximate surface area is 128 Å². The first-order chi connectivity index (χ1) is 9.99. The van der Waals surface area contributed by atoms with E-state index in [2.05, 4.69) is 27.2 Å². The maximum Gasteiger partial charge on any atom is 0.270 e. The number of aryl methyl sites for hydroxylation is 4. The lowest BCUT2D eigenvalue weighted by molar-refractivity contribution is 0.0945. The Bertz CT molecular complexity index is 631. The fourth-order valence-electron chi connectivity index (χ4n) is 2.06. The Morgan fingerprint density at radius 1 is 1.24 bits per heavy atom. The molecule has 5 nitrogen and oxygen atoms in total. The fraction of sp³-hybridized carbons (Fsp3) is 0.467. The van der Waals surface area contributed by atoms with Gasteiger partial charge in [0.15, 0.2) is 0 Å². The summed E-state index contributed by atoms with van der Waals surface area (Å²) in [4.78, 5) is 26.1. The van der Waals surface area contributed by atoms with E-state index < -0.39 is 0 Å². The van der Waals surface area contributed by atoms with Crippen LogP contribution in [0, 0.1) is 20.8 Å². The van der Waals surface area contributed by atoms with E-state index in [0.717, 1.165) is 34.1 Å². The number of aromatic nitrogens is 3. The molecule has 2 rings (SSSR count). The highest BCUT2D eigenvalue weighted by molar-refractivity contribution is 7.11. The van der Waals surface area contributed by atoms with Crippen molar-refractivity contribution in [1.82, 2.24) is 20.3 Å². The highest BCUT2D eigenvalue weighted by Gasteiger charge is 2.12. The molecule has 0 aliphatic carbocycles. The lowest BCUT2D eigenvalue weighted by Crippen LogP contribution is -2.24. The summed E-state index contributed by atoms with van der Waals surface area (Å²) in [5, 5.41) is 4.04. The van der Waals surface area contributed by atoms with Crippen LogP contribution in [0.5, 0.6) is 0 Å². The van der Waals surface area contributed by atoms with Crippen LogP contribution in [-0.2, 0) is 13.0 Å². The molecule has 0 atom stereocenters. The smallest absolute Gasteiger partial charge is 0.270 e. The van der Waals surface area contributed by atoms with Crippen molar-refractivity contribution >= 4 is 17.2 Å². The van der Waals surface area contributed by atoms with E-state index in [1.807, 2.05) is 13.8 Å². The summed E-state index contributed by atoms with van der Waals surface area (Å²) in [6, 6.07) is 1.70. The third kappa shape index (κ3) is 4.07. The predicted molar refractivity (Wildman–Crippen MR) is 83.5 cm³/mol. The first-order valence-corrected chi connectivity index (χ1v) is 7.87. The van der Waals surface area contributed by atoms with E-state index in [4.69, 9.17) is 0 Å². The number of nitrogens with zero attached hydrogens (tertiary/aromatic N) is 3. The molecule has 2 heterocycles. The normalized spacial score (nSPS) is 10.7. The zero-order valence-corrected chi connectivity index (χ0v) is 13.7. The van der Waals surface area contributed by atoms with Crippen LogP contribution in [-0.4, -0.2) is 20.9 Å². The average Bonchev–Trinajstić information content (AvgIpc) is 2.75. The third-order valence-electron chi connectivity index (χ3n) is 3.01. The predicted octanol–water partition coefficient (Wildman–Crippen LogP) is 2.74. The zero-order chi connectivity index (χ0) is 15.4. The molecule has 0 spiro atoms. The summed E-state index contributed by atoms with van der Waals surface area (Å²) in [6.07, 6.45) is 2.07. The van der Waals surface area contributed by atoms with Crippen molar-refractivity contribution in [3.8, 4) is 0 Å². The number of rotatable bonds is 5. The number of nitrogens with one attached hydrogen (secondary N) is 1. The van der Waals surface area contributed by atoms with E-state index in [-0.39, 0.29) is 5.91 Å². The number of thiazole rings is 1. The molecule has 0 fully saturated rings. The second-order valence-electron chi connectivity index (χ2n) is 4.99. The minimum absolute atomic E-state index is 0.173. The van der Waals surface area contributed by atoms with Crippen molar-refractivity contribution in [3.05, 3.63) is 38.9 Å². The van der Waals surface area contributed by atoms with Gasteiger partial charge in [-0.1, -0.05) is 6.92 Å². The van der Waals surface area contributed by atoms with Gasteiger partial charge >= 0.3 is 0 Å². The molecule has 2 aromatic heterocycles. The van der Waals surface area contributed by atoms with Crippen molar-refractivity contribution in [2.45, 2.75) is 47.1 Å². The van der Waals surface area contributed by atoms with Gasteiger partial charge in [-0.3, -0.25) is 4.79 Å². The zero-order valence-electron chi connectivity index (χ0n) is 12.9. The van der Waals surface area contributed by atoms with Crippen molar-refractivity contribution in [2.75, 3.05) is 0 Å². The van der Waals surface area contributed by atoms with Crippen LogP contribution < -0.4 is 5.32 Å². The van der Waals surface area contributed by atoms with E-state index in [0.29, 0.717) is 18.1 Å². The quantitative estimate of drug-likeness (QED) is 0.922. The van der Waals surface area contributed by atoms with E-state index in [9.17, 15) is 4.79 Å². The van der Waals surface area contributed by atoms with Gasteiger partial charge in [0.1, 0.15) is 11.5 Å². The van der Waals surface area contributed by atoms with Gasteiger partial charge in [-0.25, -0.2) is 15.0 Å². The SMILES string of the molecule is CCCc1nc(C)c(CNC(=O)c2cc(C)nc(C)n2)s1. The molecule has 0 unspecified atom stereocenters. The van der Waals surface area contributed by atoms with Gasteiger partial charge in [-0.05, 0) is 39.7 Å². The standard InChI is InChI=1S/C15H20N4OS/c1-5-6-14-18-10(3)13(21-14)8-16-15(20)12-7-9(2)17-11(4)19-12/h7H,5-6,8H2,1-4H3,(H,16,20). The lowest BCUT2D eigenvalue weighted by atomic mass is 10.3. The molecule has 0 aliphatic rings.